The number of aryl methyl sites for hydroxylation is 2. The van der Waals surface area contributed by atoms with Gasteiger partial charge in [0.15, 0.2) is 0 Å². The van der Waals surface area contributed by atoms with Crippen LogP contribution in [-0.2, 0) is 13.0 Å². The summed E-state index contributed by atoms with van der Waals surface area (Å²) in [5, 5.41) is 7.68. The van der Waals surface area contributed by atoms with E-state index in [4.69, 9.17) is 0 Å². The molecule has 0 bridgehead atoms. The summed E-state index contributed by atoms with van der Waals surface area (Å²) in [5.74, 6) is 1.78. The Bertz CT molecular complexity index is 519. The Kier molecular flexibility index (Phi) is 5.17. The lowest BCUT2D eigenvalue weighted by Crippen LogP contribution is -2.26. The molecule has 0 spiro atoms. The molecule has 0 radical (unpaired) electrons. The molecule has 1 N–H and O–H groups in total. The maximum Gasteiger partial charge on any atom is 0.145 e. The second kappa shape index (κ2) is 7.09. The third-order valence-electron chi connectivity index (χ3n) is 3.08. The van der Waals surface area contributed by atoms with Gasteiger partial charge in [-0.15, -0.1) is 0 Å². The Morgan fingerprint density at radius 1 is 1.20 bits per heavy atom. The van der Waals surface area contributed by atoms with E-state index in [2.05, 4.69) is 39.2 Å². The Hall–Kier alpha value is -1.82. The van der Waals surface area contributed by atoms with Crippen LogP contribution in [-0.4, -0.2) is 31.3 Å². The molecule has 1 atom stereocenters. The van der Waals surface area contributed by atoms with Crippen LogP contribution in [0.4, 0.5) is 0 Å². The Labute approximate surface area is 119 Å². The van der Waals surface area contributed by atoms with Crippen LogP contribution in [0.5, 0.6) is 0 Å². The molecule has 0 amide bonds. The SMILES string of the molecule is CCCn1ncnc1CC(NCC)c1ncc(C)cn1. The molecule has 0 aliphatic heterocycles. The van der Waals surface area contributed by atoms with E-state index in [-0.39, 0.29) is 6.04 Å². The normalized spacial score (nSPS) is 12.6. The standard InChI is InChI=1S/C14H22N6/c1-4-6-20-13(18-10-19-20)7-12(15-5-2)14-16-8-11(3)9-17-14/h8-10,12,15H,4-7H2,1-3H3. The lowest BCUT2D eigenvalue weighted by atomic mass is 10.1. The zero-order valence-corrected chi connectivity index (χ0v) is 12.4. The van der Waals surface area contributed by atoms with Gasteiger partial charge >= 0.3 is 0 Å². The highest BCUT2D eigenvalue weighted by Gasteiger charge is 2.17. The maximum atomic E-state index is 4.42. The van der Waals surface area contributed by atoms with E-state index in [1.807, 2.05) is 24.0 Å². The molecular weight excluding hydrogens is 252 g/mol. The number of hydrogen-bond donors (Lipinski definition) is 1. The summed E-state index contributed by atoms with van der Waals surface area (Å²) in [7, 11) is 0. The Morgan fingerprint density at radius 3 is 2.60 bits per heavy atom. The fourth-order valence-electron chi connectivity index (χ4n) is 2.11. The molecule has 0 saturated heterocycles. The monoisotopic (exact) mass is 274 g/mol. The number of aromatic nitrogens is 5. The summed E-state index contributed by atoms with van der Waals surface area (Å²) in [6.07, 6.45) is 7.11. The molecule has 2 aromatic rings. The van der Waals surface area contributed by atoms with E-state index in [1.54, 1.807) is 6.33 Å². The molecule has 108 valence electrons. The van der Waals surface area contributed by atoms with Crippen LogP contribution in [0.15, 0.2) is 18.7 Å². The Balaban J connectivity index is 2.16. The van der Waals surface area contributed by atoms with Crippen LogP contribution in [0.2, 0.25) is 0 Å². The quantitative estimate of drug-likeness (QED) is 0.832. The highest BCUT2D eigenvalue weighted by molar-refractivity contribution is 5.06. The van der Waals surface area contributed by atoms with Gasteiger partial charge in [0.25, 0.3) is 0 Å². The van der Waals surface area contributed by atoms with Crippen LogP contribution < -0.4 is 5.32 Å². The smallest absolute Gasteiger partial charge is 0.145 e. The van der Waals surface area contributed by atoms with Gasteiger partial charge in [-0.25, -0.2) is 15.0 Å². The first-order chi connectivity index (χ1) is 9.74. The fourth-order valence-corrected chi connectivity index (χ4v) is 2.11. The van der Waals surface area contributed by atoms with Crippen LogP contribution in [0.1, 0.15) is 43.5 Å². The van der Waals surface area contributed by atoms with E-state index >= 15 is 0 Å². The van der Waals surface area contributed by atoms with Crippen molar-refractivity contribution in [1.82, 2.24) is 30.0 Å². The van der Waals surface area contributed by atoms with Gasteiger partial charge in [-0.1, -0.05) is 13.8 Å². The van der Waals surface area contributed by atoms with Gasteiger partial charge in [0.05, 0.1) is 6.04 Å². The van der Waals surface area contributed by atoms with Crippen molar-refractivity contribution in [3.05, 3.63) is 35.9 Å². The average Bonchev–Trinajstić information content (AvgIpc) is 2.87. The second-order valence-corrected chi connectivity index (χ2v) is 4.83. The molecule has 0 aliphatic carbocycles. The number of likely N-dealkylation sites (N-methyl/N-ethyl adjacent to an activating group) is 1. The van der Waals surface area contributed by atoms with Crippen LogP contribution in [0.3, 0.4) is 0 Å². The minimum Gasteiger partial charge on any atom is -0.307 e. The summed E-state index contributed by atoms with van der Waals surface area (Å²) in [4.78, 5) is 13.2. The average molecular weight is 274 g/mol. The van der Waals surface area contributed by atoms with E-state index < -0.39 is 0 Å². The van der Waals surface area contributed by atoms with E-state index in [0.29, 0.717) is 0 Å². The highest BCUT2D eigenvalue weighted by Crippen LogP contribution is 2.13. The van der Waals surface area contributed by atoms with Crippen LogP contribution in [0.25, 0.3) is 0 Å². The van der Waals surface area contributed by atoms with Gasteiger partial charge in [0, 0.05) is 25.4 Å². The van der Waals surface area contributed by atoms with Gasteiger partial charge in [0.1, 0.15) is 18.0 Å². The molecule has 0 fully saturated rings. The summed E-state index contributed by atoms with van der Waals surface area (Å²) in [5.41, 5.74) is 1.07. The van der Waals surface area contributed by atoms with Crippen molar-refractivity contribution in [2.75, 3.05) is 6.54 Å². The lowest BCUT2D eigenvalue weighted by Gasteiger charge is -2.16. The minimum absolute atomic E-state index is 0.0698. The zero-order valence-electron chi connectivity index (χ0n) is 12.4. The number of nitrogens with zero attached hydrogens (tertiary/aromatic N) is 5. The molecule has 0 saturated carbocycles. The van der Waals surface area contributed by atoms with Crippen molar-refractivity contribution >= 4 is 0 Å². The van der Waals surface area contributed by atoms with Crippen molar-refractivity contribution in [2.24, 2.45) is 0 Å². The van der Waals surface area contributed by atoms with Crippen molar-refractivity contribution < 1.29 is 0 Å². The summed E-state index contributed by atoms with van der Waals surface area (Å²) < 4.78 is 1.96. The molecule has 6 heteroatoms. The summed E-state index contributed by atoms with van der Waals surface area (Å²) >= 11 is 0. The molecule has 0 aromatic carbocycles. The first-order valence-corrected chi connectivity index (χ1v) is 7.13. The molecule has 1 unspecified atom stereocenters. The Morgan fingerprint density at radius 2 is 1.95 bits per heavy atom. The van der Waals surface area contributed by atoms with Gasteiger partial charge in [0.2, 0.25) is 0 Å². The third kappa shape index (κ3) is 3.60. The van der Waals surface area contributed by atoms with Gasteiger partial charge in [-0.2, -0.15) is 5.10 Å². The van der Waals surface area contributed by atoms with E-state index in [9.17, 15) is 0 Å². The van der Waals surface area contributed by atoms with Crippen molar-refractivity contribution in [3.8, 4) is 0 Å². The van der Waals surface area contributed by atoms with Crippen LogP contribution in [0, 0.1) is 6.92 Å². The van der Waals surface area contributed by atoms with Crippen molar-refractivity contribution in [1.29, 1.82) is 0 Å². The minimum atomic E-state index is 0.0698. The second-order valence-electron chi connectivity index (χ2n) is 4.83. The summed E-state index contributed by atoms with van der Waals surface area (Å²) in [6, 6.07) is 0.0698. The topological polar surface area (TPSA) is 68.5 Å². The lowest BCUT2D eigenvalue weighted by molar-refractivity contribution is 0.481. The molecule has 2 rings (SSSR count). The predicted octanol–water partition coefficient (Wildman–Crippen LogP) is 1.68. The third-order valence-corrected chi connectivity index (χ3v) is 3.08. The number of hydrogen-bond acceptors (Lipinski definition) is 5. The number of rotatable bonds is 7. The maximum absolute atomic E-state index is 4.42. The largest absolute Gasteiger partial charge is 0.307 e. The van der Waals surface area contributed by atoms with Crippen molar-refractivity contribution in [2.45, 2.75) is 46.2 Å². The molecule has 0 aliphatic rings. The summed E-state index contributed by atoms with van der Waals surface area (Å²) in [6.45, 7) is 7.96. The van der Waals surface area contributed by atoms with E-state index in [1.165, 1.54) is 0 Å². The van der Waals surface area contributed by atoms with Gasteiger partial charge in [-0.05, 0) is 25.5 Å². The predicted molar refractivity (Wildman–Crippen MR) is 77.2 cm³/mol. The van der Waals surface area contributed by atoms with Crippen LogP contribution >= 0.6 is 0 Å². The molecule has 2 heterocycles. The molecule has 20 heavy (non-hydrogen) atoms. The van der Waals surface area contributed by atoms with Gasteiger partial charge in [-0.3, -0.25) is 4.68 Å². The van der Waals surface area contributed by atoms with Gasteiger partial charge < -0.3 is 5.32 Å². The van der Waals surface area contributed by atoms with Crippen molar-refractivity contribution in [3.63, 3.8) is 0 Å². The zero-order chi connectivity index (χ0) is 14.4. The first kappa shape index (κ1) is 14.6. The van der Waals surface area contributed by atoms with E-state index in [0.717, 1.165) is 43.1 Å². The highest BCUT2D eigenvalue weighted by atomic mass is 15.3. The number of nitrogens with one attached hydrogen (secondary N) is 1. The molecular formula is C14H22N6. The first-order valence-electron chi connectivity index (χ1n) is 7.13. The molecule has 2 aromatic heterocycles. The fraction of sp³-hybridized carbons (Fsp3) is 0.571. The molecule has 6 nitrogen and oxygen atoms in total.